The monoisotopic (exact) mass is 312 g/mol. The molecule has 2 heterocycles. The van der Waals surface area contributed by atoms with Crippen LogP contribution in [0.25, 0.3) is 0 Å². The zero-order chi connectivity index (χ0) is 14.0. The van der Waals surface area contributed by atoms with Crippen LogP contribution >= 0.6 is 12.4 Å². The molecule has 0 bridgehead atoms. The van der Waals surface area contributed by atoms with Gasteiger partial charge in [0.25, 0.3) is 0 Å². The molecule has 2 rings (SSSR count). The van der Waals surface area contributed by atoms with Crippen molar-refractivity contribution in [3.05, 3.63) is 24.2 Å². The number of carbonyl (C=O) groups excluding carboxylic acids is 1. The van der Waals surface area contributed by atoms with Gasteiger partial charge in [0.15, 0.2) is 0 Å². The number of nitrogens with one attached hydrogen (secondary N) is 1. The number of halogens is 4. The smallest absolute Gasteiger partial charge is 0.393 e. The summed E-state index contributed by atoms with van der Waals surface area (Å²) in [4.78, 5) is 13.3. The molecule has 1 aromatic heterocycles. The van der Waals surface area contributed by atoms with Crippen LogP contribution in [0.15, 0.2) is 22.8 Å². The van der Waals surface area contributed by atoms with Gasteiger partial charge >= 0.3 is 6.18 Å². The summed E-state index contributed by atoms with van der Waals surface area (Å²) >= 11 is 0. The number of nitrogens with zero attached hydrogens (tertiary/aromatic N) is 1. The predicted molar refractivity (Wildman–Crippen MR) is 68.3 cm³/mol. The molecule has 0 spiro atoms. The van der Waals surface area contributed by atoms with Gasteiger partial charge in [-0.05, 0) is 12.1 Å². The Morgan fingerprint density at radius 3 is 2.75 bits per heavy atom. The minimum Gasteiger partial charge on any atom is -0.467 e. The molecule has 1 N–H and O–H groups in total. The zero-order valence-corrected chi connectivity index (χ0v) is 11.6. The van der Waals surface area contributed by atoms with E-state index < -0.39 is 23.9 Å². The highest BCUT2D eigenvalue weighted by molar-refractivity contribution is 5.85. The van der Waals surface area contributed by atoms with Crippen LogP contribution in [0.2, 0.25) is 0 Å². The average Bonchev–Trinajstić information content (AvgIpc) is 2.96. The van der Waals surface area contributed by atoms with E-state index in [0.29, 0.717) is 5.76 Å². The van der Waals surface area contributed by atoms with Crippen LogP contribution in [0.4, 0.5) is 13.2 Å². The van der Waals surface area contributed by atoms with Crippen molar-refractivity contribution in [2.24, 2.45) is 11.8 Å². The first-order chi connectivity index (χ1) is 8.89. The normalized spacial score (nSPS) is 22.4. The molecular formula is C12H16ClF3N2O2. The molecule has 4 nitrogen and oxygen atoms in total. The van der Waals surface area contributed by atoms with Gasteiger partial charge in [0.05, 0.1) is 24.6 Å². The minimum absolute atomic E-state index is 0. The summed E-state index contributed by atoms with van der Waals surface area (Å²) in [5, 5.41) is 2.63. The largest absolute Gasteiger partial charge is 0.467 e. The van der Waals surface area contributed by atoms with Gasteiger partial charge in [0.2, 0.25) is 5.91 Å². The molecule has 0 radical (unpaired) electrons. The van der Waals surface area contributed by atoms with E-state index in [4.69, 9.17) is 4.42 Å². The second kappa shape index (κ2) is 6.49. The number of alkyl halides is 3. The number of furan rings is 1. The molecule has 1 amide bonds. The zero-order valence-electron chi connectivity index (χ0n) is 10.8. The SMILES string of the molecule is CN(Cc1ccco1)C(=O)[C@@H]1CNC[C@H]1C(F)(F)F.Cl. The van der Waals surface area contributed by atoms with Gasteiger partial charge in [-0.25, -0.2) is 0 Å². The molecule has 2 atom stereocenters. The van der Waals surface area contributed by atoms with Crippen LogP contribution in [-0.2, 0) is 11.3 Å². The first-order valence-electron chi connectivity index (χ1n) is 5.94. The van der Waals surface area contributed by atoms with E-state index >= 15 is 0 Å². The molecule has 1 saturated heterocycles. The van der Waals surface area contributed by atoms with Gasteiger partial charge in [0.1, 0.15) is 5.76 Å². The lowest BCUT2D eigenvalue weighted by Gasteiger charge is -2.25. The average molecular weight is 313 g/mol. The Hall–Kier alpha value is -1.21. The molecule has 0 saturated carbocycles. The third-order valence-corrected chi connectivity index (χ3v) is 3.30. The second-order valence-electron chi connectivity index (χ2n) is 4.69. The molecule has 8 heteroatoms. The van der Waals surface area contributed by atoms with E-state index in [1.54, 1.807) is 12.1 Å². The Balaban J connectivity index is 0.00000200. The minimum atomic E-state index is -4.35. The summed E-state index contributed by atoms with van der Waals surface area (Å²) in [5.41, 5.74) is 0. The van der Waals surface area contributed by atoms with Crippen LogP contribution in [0.5, 0.6) is 0 Å². The van der Waals surface area contributed by atoms with Gasteiger partial charge in [-0.2, -0.15) is 13.2 Å². The fourth-order valence-corrected chi connectivity index (χ4v) is 2.28. The quantitative estimate of drug-likeness (QED) is 0.929. The summed E-state index contributed by atoms with van der Waals surface area (Å²) in [5.74, 6) is -2.63. The lowest BCUT2D eigenvalue weighted by Crippen LogP contribution is -2.40. The first kappa shape index (κ1) is 16.8. The van der Waals surface area contributed by atoms with Crippen molar-refractivity contribution < 1.29 is 22.4 Å². The molecule has 114 valence electrons. The highest BCUT2D eigenvalue weighted by atomic mass is 35.5. The third-order valence-electron chi connectivity index (χ3n) is 3.30. The van der Waals surface area contributed by atoms with Crippen LogP contribution in [0.1, 0.15) is 5.76 Å². The number of hydrogen-bond donors (Lipinski definition) is 1. The van der Waals surface area contributed by atoms with Gasteiger partial charge < -0.3 is 14.6 Å². The first-order valence-corrected chi connectivity index (χ1v) is 5.94. The number of hydrogen-bond acceptors (Lipinski definition) is 3. The summed E-state index contributed by atoms with van der Waals surface area (Å²) in [6, 6.07) is 3.35. The van der Waals surface area contributed by atoms with Crippen molar-refractivity contribution in [1.29, 1.82) is 0 Å². The third kappa shape index (κ3) is 3.67. The maximum Gasteiger partial charge on any atom is 0.393 e. The van der Waals surface area contributed by atoms with Gasteiger partial charge in [-0.1, -0.05) is 0 Å². The summed E-state index contributed by atoms with van der Waals surface area (Å²) < 4.78 is 43.4. The lowest BCUT2D eigenvalue weighted by molar-refractivity contribution is -0.185. The van der Waals surface area contributed by atoms with Gasteiger partial charge in [0, 0.05) is 20.1 Å². The molecule has 0 aliphatic carbocycles. The molecule has 1 fully saturated rings. The Morgan fingerprint density at radius 1 is 1.50 bits per heavy atom. The van der Waals surface area contributed by atoms with Crippen LogP contribution in [0.3, 0.4) is 0 Å². The molecular weight excluding hydrogens is 297 g/mol. The summed E-state index contributed by atoms with van der Waals surface area (Å²) in [6.45, 7) is 0.0346. The second-order valence-corrected chi connectivity index (χ2v) is 4.69. The van der Waals surface area contributed by atoms with E-state index in [2.05, 4.69) is 5.32 Å². The van der Waals surface area contributed by atoms with Gasteiger partial charge in [-0.3, -0.25) is 4.79 Å². The highest BCUT2D eigenvalue weighted by Crippen LogP contribution is 2.35. The van der Waals surface area contributed by atoms with Crippen molar-refractivity contribution in [3.63, 3.8) is 0 Å². The summed E-state index contributed by atoms with van der Waals surface area (Å²) in [7, 11) is 1.48. The molecule has 0 unspecified atom stereocenters. The Labute approximate surface area is 120 Å². The van der Waals surface area contributed by atoms with Crippen molar-refractivity contribution in [2.45, 2.75) is 12.7 Å². The van der Waals surface area contributed by atoms with Crippen molar-refractivity contribution >= 4 is 18.3 Å². The Bertz CT molecular complexity index is 436. The topological polar surface area (TPSA) is 45.5 Å². The highest BCUT2D eigenvalue weighted by Gasteiger charge is 2.50. The number of amides is 1. The van der Waals surface area contributed by atoms with E-state index in [0.717, 1.165) is 0 Å². The van der Waals surface area contributed by atoms with Crippen molar-refractivity contribution in [1.82, 2.24) is 10.2 Å². The van der Waals surface area contributed by atoms with Crippen molar-refractivity contribution in [3.8, 4) is 0 Å². The van der Waals surface area contributed by atoms with E-state index in [1.807, 2.05) is 0 Å². The van der Waals surface area contributed by atoms with Gasteiger partial charge in [-0.15, -0.1) is 12.4 Å². The number of rotatable bonds is 3. The van der Waals surface area contributed by atoms with Crippen LogP contribution in [0, 0.1) is 11.8 Å². The fraction of sp³-hybridized carbons (Fsp3) is 0.583. The Kier molecular flexibility index (Phi) is 5.47. The van der Waals surface area contributed by atoms with Crippen LogP contribution < -0.4 is 5.32 Å². The summed E-state index contributed by atoms with van der Waals surface area (Å²) in [6.07, 6.45) is -2.89. The molecule has 1 aromatic rings. The standard InChI is InChI=1S/C12H15F3N2O2.ClH/c1-17(7-8-3-2-4-19-8)11(18)9-5-16-6-10(9)12(13,14)15;/h2-4,9-10,16H,5-7H2,1H3;1H/t9-,10-;/m1./s1. The molecule has 1 aliphatic rings. The van der Waals surface area contributed by atoms with Crippen LogP contribution in [-0.4, -0.2) is 37.1 Å². The van der Waals surface area contributed by atoms with E-state index in [9.17, 15) is 18.0 Å². The predicted octanol–water partition coefficient (Wildman–Crippen LogP) is 2.06. The Morgan fingerprint density at radius 2 is 2.20 bits per heavy atom. The molecule has 20 heavy (non-hydrogen) atoms. The van der Waals surface area contributed by atoms with Crippen molar-refractivity contribution in [2.75, 3.05) is 20.1 Å². The maximum absolute atomic E-state index is 12.8. The fourth-order valence-electron chi connectivity index (χ4n) is 2.28. The van der Waals surface area contributed by atoms with E-state index in [-0.39, 0.29) is 32.0 Å². The lowest BCUT2D eigenvalue weighted by atomic mass is 9.94. The number of carbonyl (C=O) groups is 1. The maximum atomic E-state index is 12.8. The van der Waals surface area contributed by atoms with E-state index in [1.165, 1.54) is 18.2 Å². The molecule has 0 aromatic carbocycles. The molecule has 1 aliphatic heterocycles.